The highest BCUT2D eigenvalue weighted by Gasteiger charge is 2.01. The van der Waals surface area contributed by atoms with E-state index in [1.165, 1.54) is 4.68 Å². The van der Waals surface area contributed by atoms with Crippen molar-refractivity contribution in [2.45, 2.75) is 0 Å². The second kappa shape index (κ2) is 2.81. The molecule has 1 aromatic heterocycles. The van der Waals surface area contributed by atoms with Crippen molar-refractivity contribution in [3.8, 4) is 0 Å². The van der Waals surface area contributed by atoms with E-state index in [0.717, 1.165) is 0 Å². The van der Waals surface area contributed by atoms with E-state index in [0.29, 0.717) is 21.3 Å². The van der Waals surface area contributed by atoms with Crippen molar-refractivity contribution in [2.75, 3.05) is 0 Å². The van der Waals surface area contributed by atoms with Crippen LogP contribution in [0.1, 0.15) is 0 Å². The van der Waals surface area contributed by atoms with E-state index in [4.69, 9.17) is 12.2 Å². The van der Waals surface area contributed by atoms with Crippen LogP contribution in [0.5, 0.6) is 0 Å². The van der Waals surface area contributed by atoms with Gasteiger partial charge in [0.25, 0.3) is 0 Å². The maximum Gasteiger partial charge on any atom is 0.382 e. The van der Waals surface area contributed by atoms with Crippen LogP contribution in [0.3, 0.4) is 0 Å². The molecule has 0 saturated carbocycles. The van der Waals surface area contributed by atoms with E-state index in [1.54, 1.807) is 13.5 Å². The van der Waals surface area contributed by atoms with Gasteiger partial charge in [0.05, 0.1) is 22.9 Å². The number of aromatic nitrogens is 3. The first-order valence-corrected chi connectivity index (χ1v) is 4.83. The molecule has 1 rings (SSSR count). The molecular weight excluding hydrogens is 280 g/mol. The van der Waals surface area contributed by atoms with Crippen molar-refractivity contribution in [3.63, 3.8) is 0 Å². The van der Waals surface area contributed by atoms with Crippen molar-refractivity contribution < 1.29 is 0 Å². The first-order chi connectivity index (χ1) is 4.55. The van der Waals surface area contributed by atoms with E-state index in [1.807, 2.05) is 22.9 Å². The summed E-state index contributed by atoms with van der Waals surface area (Å²) in [4.78, 5) is 11.1. The number of nitrogens with zero attached hydrogens (tertiary/aromatic N) is 3. The normalized spacial score (nSPS) is 10.2. The molecule has 0 bridgehead atoms. The van der Waals surface area contributed by atoms with Crippen LogP contribution < -0.4 is 5.69 Å². The molecule has 7 heteroatoms. The van der Waals surface area contributed by atoms with E-state index in [9.17, 15) is 4.79 Å². The highest BCUT2D eigenvalue weighted by atomic mass is 127. The quantitative estimate of drug-likeness (QED) is 0.359. The van der Waals surface area contributed by atoms with Gasteiger partial charge in [0, 0.05) is 7.05 Å². The molecule has 0 aliphatic heterocycles. The molecule has 0 fully saturated rings. The van der Waals surface area contributed by atoms with Gasteiger partial charge in [-0.2, -0.15) is 2.90 Å². The Bertz CT molecular complexity index is 329. The Kier molecular flexibility index (Phi) is 2.39. The van der Waals surface area contributed by atoms with Crippen LogP contribution in [0.4, 0.5) is 0 Å². The van der Waals surface area contributed by atoms with Gasteiger partial charge >= 0.3 is 22.2 Å². The molecule has 0 aliphatic rings. The van der Waals surface area contributed by atoms with Crippen LogP contribution in [0.25, 0.3) is 0 Å². The van der Waals surface area contributed by atoms with Gasteiger partial charge in [0.15, 0.2) is 4.77 Å². The molecule has 0 amide bonds. The lowest BCUT2D eigenvalue weighted by molar-refractivity contribution is 0.713. The van der Waals surface area contributed by atoms with Gasteiger partial charge in [-0.1, -0.05) is 0 Å². The van der Waals surface area contributed by atoms with Crippen molar-refractivity contribution >= 4 is 51.6 Å². The maximum absolute atomic E-state index is 11.1. The summed E-state index contributed by atoms with van der Waals surface area (Å²) in [5.41, 5.74) is -0.0360. The maximum atomic E-state index is 11.1. The molecule has 54 valence electrons. The van der Waals surface area contributed by atoms with E-state index < -0.39 is 0 Å². The van der Waals surface area contributed by atoms with Crippen LogP contribution in [0.2, 0.25) is 0 Å². The average Bonchev–Trinajstić information content (AvgIpc) is 2.07. The fraction of sp³-hybridized carbons (Fsp3) is 0.333. The van der Waals surface area contributed by atoms with Gasteiger partial charge < -0.3 is 3.55 Å². The van der Waals surface area contributed by atoms with Gasteiger partial charge in [0.2, 0.25) is 0 Å². The first kappa shape index (κ1) is 8.52. The van der Waals surface area contributed by atoms with Crippen molar-refractivity contribution in [1.29, 1.82) is 0 Å². The lowest BCUT2D eigenvalue weighted by atomic mass is 11.2. The van der Waals surface area contributed by atoms with Crippen LogP contribution in [0, 0.1) is 4.77 Å². The zero-order valence-corrected chi connectivity index (χ0v) is 10.5. The minimum atomic E-state index is -0.0360. The third-order valence-corrected chi connectivity index (χ3v) is 4.28. The fourth-order valence-electron chi connectivity index (χ4n) is 0.626. The Morgan fingerprint density at radius 2 is 2.20 bits per heavy atom. The van der Waals surface area contributed by atoms with Crippen LogP contribution in [-0.2, 0) is 7.05 Å². The van der Waals surface area contributed by atoms with E-state index in [-0.39, 0.29) is 5.69 Å². The molecule has 10 heavy (non-hydrogen) atoms. The standard InChI is InChI=1S/C3H4IN3OS.Al.2H/c1-6-2(8)5-3(9)7(6)4;;;/h1H3,(H,5,8,9);;;/q;+1;;/p-1. The number of hydrogen-bond acceptors (Lipinski definition) is 2. The zero-order valence-electron chi connectivity index (χ0n) is 5.54. The molecule has 1 aromatic rings. The fourth-order valence-corrected chi connectivity index (χ4v) is 2.22. The van der Waals surface area contributed by atoms with Crippen molar-refractivity contribution in [2.24, 2.45) is 7.05 Å². The average molecular weight is 285 g/mol. The van der Waals surface area contributed by atoms with Gasteiger partial charge in [-0.05, 0) is 12.2 Å². The largest absolute Gasteiger partial charge is 0.382 e. The van der Waals surface area contributed by atoms with E-state index >= 15 is 0 Å². The van der Waals surface area contributed by atoms with Crippen molar-refractivity contribution in [1.82, 2.24) is 11.1 Å². The monoisotopic (exact) mass is 285 g/mol. The number of hydrogen-bond donors (Lipinski definition) is 0. The third kappa shape index (κ3) is 1.11. The zero-order chi connectivity index (χ0) is 7.89. The molecule has 4 nitrogen and oxygen atoms in total. The highest BCUT2D eigenvalue weighted by Crippen LogP contribution is 1.92. The summed E-state index contributed by atoms with van der Waals surface area (Å²) in [6.45, 7) is 0. The molecule has 0 unspecified atom stereocenters. The van der Waals surface area contributed by atoms with Gasteiger partial charge in [0.1, 0.15) is 0 Å². The molecule has 0 spiro atoms. The predicted octanol–water partition coefficient (Wildman–Crippen LogP) is -0.688. The van der Waals surface area contributed by atoms with Gasteiger partial charge in [-0.15, -0.1) is 0 Å². The molecular formula is C3H5AlIN3OS. The molecule has 0 aromatic carbocycles. The van der Waals surface area contributed by atoms with Crippen molar-refractivity contribution in [3.05, 3.63) is 15.3 Å². The number of halogens is 1. The summed E-state index contributed by atoms with van der Waals surface area (Å²) in [6, 6.07) is 0. The van der Waals surface area contributed by atoms with E-state index in [2.05, 4.69) is 0 Å². The molecule has 0 radical (unpaired) electrons. The Balaban J connectivity index is 3.77. The van der Waals surface area contributed by atoms with Gasteiger partial charge in [-0.3, -0.25) is 0 Å². The smallest absolute Gasteiger partial charge is 0.371 e. The molecule has 0 N–H and O–H groups in total. The lowest BCUT2D eigenvalue weighted by Gasteiger charge is -1.90. The summed E-state index contributed by atoms with van der Waals surface area (Å²) < 4.78 is 5.25. The second-order valence-corrected chi connectivity index (χ2v) is 4.08. The van der Waals surface area contributed by atoms with Gasteiger partial charge in [-0.25, -0.2) is 9.48 Å². The summed E-state index contributed by atoms with van der Waals surface area (Å²) in [5, 5.41) is 0. The SMILES string of the molecule is Cn1c(=O)[n]([AlH2])c(=S)n1I. The molecule has 0 aliphatic carbocycles. The first-order valence-electron chi connectivity index (χ1n) is 2.57. The topological polar surface area (TPSA) is 31.9 Å². The lowest BCUT2D eigenvalue weighted by Crippen LogP contribution is -2.22. The van der Waals surface area contributed by atoms with Crippen LogP contribution >= 0.6 is 35.1 Å². The summed E-state index contributed by atoms with van der Waals surface area (Å²) >= 11 is 7.58. The Morgan fingerprint density at radius 1 is 1.70 bits per heavy atom. The Morgan fingerprint density at radius 3 is 2.30 bits per heavy atom. The van der Waals surface area contributed by atoms with Crippen LogP contribution in [-0.4, -0.2) is 27.6 Å². The Labute approximate surface area is 84.6 Å². The predicted molar refractivity (Wildman–Crippen MR) is 51.9 cm³/mol. The molecule has 0 saturated heterocycles. The second-order valence-electron chi connectivity index (χ2n) is 1.91. The summed E-state index contributed by atoms with van der Waals surface area (Å²) in [6.07, 6.45) is 0. The third-order valence-electron chi connectivity index (χ3n) is 1.27. The summed E-state index contributed by atoms with van der Waals surface area (Å²) in [5.74, 6) is 0. The minimum absolute atomic E-state index is 0.0360. The van der Waals surface area contributed by atoms with Crippen LogP contribution in [0.15, 0.2) is 4.79 Å². The Hall–Kier alpha value is 0.422. The summed E-state index contributed by atoms with van der Waals surface area (Å²) in [7, 11) is 1.69. The number of rotatable bonds is 0. The molecule has 0 atom stereocenters. The molecule has 1 heterocycles. The highest BCUT2D eigenvalue weighted by molar-refractivity contribution is 14.1. The minimum Gasteiger partial charge on any atom is -0.371 e.